The predicted molar refractivity (Wildman–Crippen MR) is 337 cm³/mol. The number of aromatic nitrogens is 8. The van der Waals surface area contributed by atoms with Gasteiger partial charge in [-0.3, -0.25) is 0 Å². The van der Waals surface area contributed by atoms with Gasteiger partial charge < -0.3 is 68.5 Å². The van der Waals surface area contributed by atoms with Gasteiger partial charge in [-0.2, -0.15) is 0 Å². The molecular weight excluding hydrogens is 1100 g/mol. The number of fused-ring (bicyclic) bond motifs is 20. The van der Waals surface area contributed by atoms with E-state index in [1.54, 1.807) is 21.3 Å². The second kappa shape index (κ2) is 26.4. The van der Waals surface area contributed by atoms with Gasteiger partial charge in [-0.15, -0.1) is 0 Å². The summed E-state index contributed by atoms with van der Waals surface area (Å²) in [6.45, 7) is 0. The van der Waals surface area contributed by atoms with E-state index in [9.17, 15) is 0 Å². The van der Waals surface area contributed by atoms with Crippen LogP contribution in [0, 0.1) is 0 Å². The average Bonchev–Trinajstić information content (AvgIpc) is 2.71. The van der Waals surface area contributed by atoms with Crippen molar-refractivity contribution in [1.29, 1.82) is 0 Å². The molecule has 13 rings (SSSR count). The number of hydrogen-bond donors (Lipinski definition) is 0. The molecule has 84 heavy (non-hydrogen) atoms. The molecule has 0 fully saturated rings. The number of methoxy groups -OCH3 is 3. The summed E-state index contributed by atoms with van der Waals surface area (Å²) < 4.78 is 21.8. The summed E-state index contributed by atoms with van der Waals surface area (Å²) in [7, 11) is 21.1. The maximum Gasteiger partial charge on any atom is 2.00 e. The Bertz CT molecular complexity index is 4150. The third-order valence-corrected chi connectivity index (χ3v) is 13.7. The molecule has 16 nitrogen and oxygen atoms in total. The van der Waals surface area contributed by atoms with E-state index in [0.717, 1.165) is 78.2 Å². The minimum Gasteiger partial charge on any atom is -0.497 e. The summed E-state index contributed by atoms with van der Waals surface area (Å²) in [6, 6.07) is 61.5. The molecule has 8 bridgehead atoms. The number of rotatable bonds is 9. The Labute approximate surface area is 502 Å². The summed E-state index contributed by atoms with van der Waals surface area (Å²) in [6.07, 6.45) is 0. The molecule has 0 amide bonds. The Kier molecular flexibility index (Phi) is 18.5. The van der Waals surface area contributed by atoms with Gasteiger partial charge in [-0.05, 0) is 76.1 Å². The number of ether oxygens (including phenoxy) is 4. The van der Waals surface area contributed by atoms with Crippen LogP contribution in [-0.2, 0) is 19.5 Å². The summed E-state index contributed by atoms with van der Waals surface area (Å²) in [5, 5.41) is 3.41. The summed E-state index contributed by atoms with van der Waals surface area (Å²) in [5.41, 5.74) is 9.74. The molecule has 0 radical (unpaired) electrons. The van der Waals surface area contributed by atoms with E-state index in [0.29, 0.717) is 62.9 Å². The van der Waals surface area contributed by atoms with Crippen LogP contribution in [0.15, 0.2) is 188 Å². The van der Waals surface area contributed by atoms with Gasteiger partial charge in [0, 0.05) is 143 Å². The van der Waals surface area contributed by atoms with Crippen LogP contribution in [0.2, 0.25) is 0 Å². The monoisotopic (exact) mass is 1160 g/mol. The Morgan fingerprint density at radius 3 is 0.976 bits per heavy atom. The smallest absolute Gasteiger partial charge is 0.497 e. The third-order valence-electron chi connectivity index (χ3n) is 13.7. The van der Waals surface area contributed by atoms with Gasteiger partial charge in [0.1, 0.15) is 28.7 Å². The maximum absolute atomic E-state index is 6.57. The third kappa shape index (κ3) is 13.1. The van der Waals surface area contributed by atoms with E-state index >= 15 is 0 Å². The largest absolute Gasteiger partial charge is 2.00 e. The topological polar surface area (TPSA) is 155 Å². The molecule has 0 atom stereocenters. The molecule has 0 saturated carbocycles. The number of benzene rings is 8. The first-order valence-corrected chi connectivity index (χ1v) is 26.8. The van der Waals surface area contributed by atoms with E-state index in [2.05, 4.69) is 0 Å². The molecule has 0 spiro atoms. The van der Waals surface area contributed by atoms with Gasteiger partial charge in [0.25, 0.3) is 0 Å². The first kappa shape index (κ1) is 58.8. The Morgan fingerprint density at radius 2 is 0.607 bits per heavy atom. The molecule has 0 aliphatic carbocycles. The zero-order chi connectivity index (χ0) is 58.1. The van der Waals surface area contributed by atoms with Crippen molar-refractivity contribution in [3.63, 3.8) is 0 Å². The zero-order valence-corrected chi connectivity index (χ0v) is 52.1. The molecule has 2 aliphatic rings. The van der Waals surface area contributed by atoms with Gasteiger partial charge in [-0.25, -0.2) is 9.97 Å². The van der Waals surface area contributed by atoms with E-state index in [-0.39, 0.29) is 19.5 Å². The summed E-state index contributed by atoms with van der Waals surface area (Å²) in [4.78, 5) is 48.2. The first-order valence-electron chi connectivity index (χ1n) is 26.8. The molecule has 3 aromatic heterocycles. The van der Waals surface area contributed by atoms with Crippen molar-refractivity contribution in [2.24, 2.45) is 0 Å². The van der Waals surface area contributed by atoms with Crippen LogP contribution >= 0.6 is 0 Å². The minimum atomic E-state index is 0. The number of nitrogens with zero attached hydrogens (tertiary/aromatic N) is 12. The van der Waals surface area contributed by atoms with Crippen LogP contribution in [0.3, 0.4) is 0 Å². The van der Waals surface area contributed by atoms with Crippen LogP contribution in [0.4, 0.5) is 22.7 Å². The van der Waals surface area contributed by atoms with Gasteiger partial charge in [0.05, 0.1) is 50.2 Å². The molecule has 418 valence electrons. The molecule has 8 aromatic carbocycles. The average molecular weight is 1170 g/mol. The number of anilines is 4. The predicted octanol–water partition coefficient (Wildman–Crippen LogP) is 13.3. The second-order valence-electron chi connectivity index (χ2n) is 20.1. The normalized spacial score (nSPS) is 10.7. The van der Waals surface area contributed by atoms with Crippen molar-refractivity contribution in [3.8, 4) is 74.3 Å². The van der Waals surface area contributed by atoms with Crippen LogP contribution in [0.1, 0.15) is 0 Å². The molecule has 5 heterocycles. The fraction of sp³-hybridized carbons (Fsp3) is 0.164. The van der Waals surface area contributed by atoms with Crippen molar-refractivity contribution in [1.82, 2.24) is 39.9 Å². The van der Waals surface area contributed by atoms with E-state index in [4.69, 9.17) is 58.8 Å². The standard InChI is InChI=1S/C40H25N9O.3C9H13NO.Zn/c1-49(2)22-11-9-12-23(21-22)50-31-20-10-19-30-32(31)40-47-38-29-18-8-7-17-28(29)36(45-38)43-34-25-14-4-3-13-24(25)33(41-34)42-35-26-15-5-6-16-27(26)37(44-35)46-39(30)48-40;3*1-10(2)8-5-4-6-9(7-8)11-3;/h3-21H,1-2H3;3*4-7H,1-3H3;/q-2;;;;+2. The first-order chi connectivity index (χ1) is 40.3. The Hall–Kier alpha value is -9.86. The molecule has 0 N–H and O–H groups in total. The quantitative estimate of drug-likeness (QED) is 0.126. The van der Waals surface area contributed by atoms with Crippen molar-refractivity contribution < 1.29 is 38.4 Å². The summed E-state index contributed by atoms with van der Waals surface area (Å²) >= 11 is 0. The fourth-order valence-electron chi connectivity index (χ4n) is 9.23. The van der Waals surface area contributed by atoms with Crippen molar-refractivity contribution in [2.45, 2.75) is 0 Å². The number of hydrogen-bond acceptors (Lipinski definition) is 14. The van der Waals surface area contributed by atoms with Crippen LogP contribution < -0.4 is 48.5 Å². The SMILES string of the molecule is CN(C)c1cccc(Oc2cccc3c2-c2nc-3nc3[n-]c(nc4nc(nc5[n-]c(n2)c2ccccc52)-c2ccccc2-4)c2ccccc32)c1.COc1cccc(N(C)C)c1.COc1cccc(N(C)C)c1.COc1cccc(N(C)C)c1.[Zn+2]. The van der Waals surface area contributed by atoms with Gasteiger partial charge in [-0.1, -0.05) is 109 Å². The van der Waals surface area contributed by atoms with Crippen LogP contribution in [0.5, 0.6) is 28.7 Å². The van der Waals surface area contributed by atoms with Crippen LogP contribution in [0.25, 0.3) is 89.7 Å². The zero-order valence-electron chi connectivity index (χ0n) is 49.1. The molecule has 11 aromatic rings. The molecule has 0 saturated heterocycles. The van der Waals surface area contributed by atoms with Crippen molar-refractivity contribution in [3.05, 3.63) is 188 Å². The van der Waals surface area contributed by atoms with E-state index in [1.807, 2.05) is 264 Å². The molecule has 2 aliphatic heterocycles. The molecular formula is C67H64N12O4Zn. The van der Waals surface area contributed by atoms with Crippen molar-refractivity contribution in [2.75, 3.05) is 97.3 Å². The van der Waals surface area contributed by atoms with E-state index in [1.165, 1.54) is 0 Å². The second-order valence-corrected chi connectivity index (χ2v) is 20.1. The van der Waals surface area contributed by atoms with Gasteiger partial charge in [0.15, 0.2) is 0 Å². The Morgan fingerprint density at radius 1 is 0.310 bits per heavy atom. The molecule has 17 heteroatoms. The maximum atomic E-state index is 6.57. The van der Waals surface area contributed by atoms with Crippen LogP contribution in [-0.4, -0.2) is 108 Å². The Balaban J connectivity index is 0.000000201. The van der Waals surface area contributed by atoms with Crippen molar-refractivity contribution >= 4 is 66.9 Å². The minimum absolute atomic E-state index is 0. The van der Waals surface area contributed by atoms with Gasteiger partial charge >= 0.3 is 19.5 Å². The molecule has 0 unspecified atom stereocenters. The fourth-order valence-corrected chi connectivity index (χ4v) is 9.23. The van der Waals surface area contributed by atoms with Gasteiger partial charge in [0.2, 0.25) is 0 Å². The summed E-state index contributed by atoms with van der Waals surface area (Å²) in [5.74, 6) is 5.93. The van der Waals surface area contributed by atoms with E-state index < -0.39 is 0 Å².